The predicted molar refractivity (Wildman–Crippen MR) is 89.7 cm³/mol. The van der Waals surface area contributed by atoms with Gasteiger partial charge in [-0.3, -0.25) is 0 Å². The fraction of sp³-hybridized carbons (Fsp3) is 0.714. The smallest absolute Gasteiger partial charge is 0.250 e. The second-order valence-corrected chi connectivity index (χ2v) is 10.3. The summed E-state index contributed by atoms with van der Waals surface area (Å²) in [5, 5.41) is 3.90. The molecule has 2 aliphatic rings. The van der Waals surface area contributed by atoms with Gasteiger partial charge in [-0.15, -0.1) is 11.3 Å². The molecule has 0 aromatic carbocycles. The zero-order valence-corrected chi connectivity index (χ0v) is 14.5. The Morgan fingerprint density at radius 2 is 2.10 bits per heavy atom. The van der Waals surface area contributed by atoms with E-state index in [2.05, 4.69) is 10.0 Å². The van der Waals surface area contributed by atoms with Crippen LogP contribution in [0.2, 0.25) is 0 Å². The van der Waals surface area contributed by atoms with E-state index in [1.165, 1.54) is 30.6 Å². The van der Waals surface area contributed by atoms with Crippen LogP contribution in [-0.2, 0) is 16.4 Å². The molecule has 1 saturated carbocycles. The van der Waals surface area contributed by atoms with E-state index in [-0.39, 0.29) is 0 Å². The molecule has 7 heteroatoms. The van der Waals surface area contributed by atoms with Crippen LogP contribution in [0.5, 0.6) is 0 Å². The fourth-order valence-corrected chi connectivity index (χ4v) is 6.19. The van der Waals surface area contributed by atoms with E-state index < -0.39 is 10.0 Å². The summed E-state index contributed by atoms with van der Waals surface area (Å²) >= 11 is 3.27. The summed E-state index contributed by atoms with van der Waals surface area (Å²) in [6.45, 7) is 1.50. The Balaban J connectivity index is 1.50. The van der Waals surface area contributed by atoms with Gasteiger partial charge in [0.2, 0.25) is 10.0 Å². The van der Waals surface area contributed by atoms with Gasteiger partial charge in [-0.1, -0.05) is 0 Å². The SMILES string of the molecule is O=S(=O)(NCC1CCCS1)c1ccc(CCNC2CC2)s1. The predicted octanol–water partition coefficient (Wildman–Crippen LogP) is 2.22. The molecule has 1 aromatic heterocycles. The number of hydrogen-bond acceptors (Lipinski definition) is 5. The summed E-state index contributed by atoms with van der Waals surface area (Å²) in [5.74, 6) is 1.16. The molecule has 2 fully saturated rings. The lowest BCUT2D eigenvalue weighted by Gasteiger charge is -2.09. The van der Waals surface area contributed by atoms with Gasteiger partial charge in [-0.2, -0.15) is 11.8 Å². The van der Waals surface area contributed by atoms with Gasteiger partial charge in [0.05, 0.1) is 0 Å². The Bertz CT molecular complexity index is 561. The summed E-state index contributed by atoms with van der Waals surface area (Å²) in [5.41, 5.74) is 0. The zero-order chi connectivity index (χ0) is 14.7. The highest BCUT2D eigenvalue weighted by Gasteiger charge is 2.22. The van der Waals surface area contributed by atoms with Crippen LogP contribution in [0, 0.1) is 0 Å². The molecule has 4 nitrogen and oxygen atoms in total. The number of thiophene rings is 1. The molecule has 21 heavy (non-hydrogen) atoms. The maximum absolute atomic E-state index is 12.3. The molecule has 118 valence electrons. The highest BCUT2D eigenvalue weighted by Crippen LogP contribution is 2.27. The van der Waals surface area contributed by atoms with Crippen LogP contribution in [0.25, 0.3) is 0 Å². The number of sulfonamides is 1. The topological polar surface area (TPSA) is 58.2 Å². The molecular weight excluding hydrogens is 324 g/mol. The highest BCUT2D eigenvalue weighted by molar-refractivity contribution is 8.00. The average Bonchev–Trinajstić information content (AvgIpc) is 2.94. The molecule has 3 rings (SSSR count). The lowest BCUT2D eigenvalue weighted by Crippen LogP contribution is -2.29. The van der Waals surface area contributed by atoms with Crippen LogP contribution in [0.15, 0.2) is 16.3 Å². The largest absolute Gasteiger partial charge is 0.314 e. The maximum Gasteiger partial charge on any atom is 0.250 e. The van der Waals surface area contributed by atoms with Crippen molar-refractivity contribution >= 4 is 33.1 Å². The highest BCUT2D eigenvalue weighted by atomic mass is 32.2. The summed E-state index contributed by atoms with van der Waals surface area (Å²) in [6, 6.07) is 4.39. The number of rotatable bonds is 8. The van der Waals surface area contributed by atoms with E-state index in [1.54, 1.807) is 6.07 Å². The Hall–Kier alpha value is -0.0800. The molecule has 0 radical (unpaired) electrons. The molecule has 1 aliphatic carbocycles. The van der Waals surface area contributed by atoms with Crippen molar-refractivity contribution in [3.05, 3.63) is 17.0 Å². The van der Waals surface area contributed by atoms with Crippen LogP contribution < -0.4 is 10.0 Å². The first-order valence-electron chi connectivity index (χ1n) is 7.57. The molecule has 0 amide bonds. The molecule has 1 aromatic rings. The second kappa shape index (κ2) is 7.00. The summed E-state index contributed by atoms with van der Waals surface area (Å²) in [4.78, 5) is 1.14. The average molecular weight is 347 g/mol. The van der Waals surface area contributed by atoms with Gasteiger partial charge in [0.25, 0.3) is 0 Å². The van der Waals surface area contributed by atoms with Gasteiger partial charge >= 0.3 is 0 Å². The van der Waals surface area contributed by atoms with Gasteiger partial charge in [0, 0.05) is 29.3 Å². The minimum absolute atomic E-state index is 0.446. The molecule has 2 N–H and O–H groups in total. The molecule has 0 spiro atoms. The number of hydrogen-bond donors (Lipinski definition) is 2. The van der Waals surface area contributed by atoms with Gasteiger partial charge in [-0.05, 0) is 50.0 Å². The van der Waals surface area contributed by atoms with Crippen LogP contribution in [0.3, 0.4) is 0 Å². The van der Waals surface area contributed by atoms with Crippen molar-refractivity contribution in [1.29, 1.82) is 0 Å². The van der Waals surface area contributed by atoms with Crippen molar-refractivity contribution in [1.82, 2.24) is 10.0 Å². The van der Waals surface area contributed by atoms with Gasteiger partial charge < -0.3 is 5.32 Å². The third-order valence-electron chi connectivity index (χ3n) is 3.81. The Morgan fingerprint density at radius 1 is 1.24 bits per heavy atom. The van der Waals surface area contributed by atoms with E-state index in [1.807, 2.05) is 17.8 Å². The third-order valence-corrected chi connectivity index (χ3v) is 8.27. The molecule has 1 aliphatic heterocycles. The first-order valence-corrected chi connectivity index (χ1v) is 10.9. The first-order chi connectivity index (χ1) is 10.1. The van der Waals surface area contributed by atoms with Crippen LogP contribution in [-0.4, -0.2) is 38.6 Å². The number of thioether (sulfide) groups is 1. The molecule has 1 unspecified atom stereocenters. The fourth-order valence-electron chi connectivity index (χ4n) is 2.40. The summed E-state index contributed by atoms with van der Waals surface area (Å²) in [6.07, 6.45) is 5.80. The zero-order valence-electron chi connectivity index (χ0n) is 12.0. The Labute approximate surface area is 135 Å². The lowest BCUT2D eigenvalue weighted by molar-refractivity contribution is 0.581. The first kappa shape index (κ1) is 15.8. The lowest BCUT2D eigenvalue weighted by atomic mass is 10.2. The summed E-state index contributed by atoms with van der Waals surface area (Å²) in [7, 11) is -3.32. The maximum atomic E-state index is 12.3. The molecule has 1 saturated heterocycles. The quantitative estimate of drug-likeness (QED) is 0.758. The molecular formula is C14H22N2O2S3. The molecule has 2 heterocycles. The number of nitrogens with one attached hydrogen (secondary N) is 2. The molecule has 0 bridgehead atoms. The Morgan fingerprint density at radius 3 is 2.81 bits per heavy atom. The minimum atomic E-state index is -3.32. The van der Waals surface area contributed by atoms with Crippen molar-refractivity contribution in [2.75, 3.05) is 18.8 Å². The molecule has 1 atom stereocenters. The van der Waals surface area contributed by atoms with E-state index >= 15 is 0 Å². The van der Waals surface area contributed by atoms with Crippen molar-refractivity contribution in [3.8, 4) is 0 Å². The van der Waals surface area contributed by atoms with Crippen molar-refractivity contribution < 1.29 is 8.42 Å². The van der Waals surface area contributed by atoms with E-state index in [4.69, 9.17) is 0 Å². The third kappa shape index (κ3) is 4.69. The monoisotopic (exact) mass is 346 g/mol. The van der Waals surface area contributed by atoms with E-state index in [0.29, 0.717) is 22.0 Å². The Kier molecular flexibility index (Phi) is 5.27. The second-order valence-electron chi connectivity index (χ2n) is 5.69. The minimum Gasteiger partial charge on any atom is -0.314 e. The van der Waals surface area contributed by atoms with E-state index in [0.717, 1.165) is 30.0 Å². The van der Waals surface area contributed by atoms with Gasteiger partial charge in [-0.25, -0.2) is 13.1 Å². The van der Waals surface area contributed by atoms with Crippen molar-refractivity contribution in [3.63, 3.8) is 0 Å². The van der Waals surface area contributed by atoms with Crippen molar-refractivity contribution in [2.24, 2.45) is 0 Å². The van der Waals surface area contributed by atoms with Crippen LogP contribution in [0.1, 0.15) is 30.6 Å². The normalized spacial score (nSPS) is 22.8. The standard InChI is InChI=1S/C14H22N2O2S3/c17-21(18,16-10-13-2-1-9-19-13)14-6-5-12(20-14)7-8-15-11-3-4-11/h5-6,11,13,15-16H,1-4,7-10H2. The van der Waals surface area contributed by atoms with Crippen molar-refractivity contribution in [2.45, 2.75) is 47.6 Å². The summed E-state index contributed by atoms with van der Waals surface area (Å²) < 4.78 is 27.7. The van der Waals surface area contributed by atoms with E-state index in [9.17, 15) is 8.42 Å². The van der Waals surface area contributed by atoms with Crippen LogP contribution >= 0.6 is 23.1 Å². The van der Waals surface area contributed by atoms with Gasteiger partial charge in [0.1, 0.15) is 4.21 Å². The van der Waals surface area contributed by atoms with Gasteiger partial charge in [0.15, 0.2) is 0 Å². The van der Waals surface area contributed by atoms with Crippen LogP contribution in [0.4, 0.5) is 0 Å².